The number of hydrogen-bond donors (Lipinski definition) is 2. The third kappa shape index (κ3) is 6.25. The number of nitriles is 1. The molecule has 2 aromatic rings. The number of nitrogens with zero attached hydrogens (tertiary/aromatic N) is 4. The van der Waals surface area contributed by atoms with E-state index in [0.717, 1.165) is 45.3 Å². The number of thioether (sulfide) groups is 1. The van der Waals surface area contributed by atoms with Gasteiger partial charge in [-0.15, -0.1) is 0 Å². The van der Waals surface area contributed by atoms with E-state index in [4.69, 9.17) is 10.5 Å². The number of piperidine rings is 1. The molecule has 1 saturated heterocycles. The molecule has 8 nitrogen and oxygen atoms in total. The molecule has 38 heavy (non-hydrogen) atoms. The number of amides is 1. The van der Waals surface area contributed by atoms with Crippen LogP contribution in [0.25, 0.3) is 0 Å². The predicted molar refractivity (Wildman–Crippen MR) is 142 cm³/mol. The van der Waals surface area contributed by atoms with Crippen molar-refractivity contribution in [1.82, 2.24) is 15.2 Å². The normalized spacial score (nSPS) is 20.1. The van der Waals surface area contributed by atoms with E-state index in [0.29, 0.717) is 36.6 Å². The molecule has 0 radical (unpaired) electrons. The molecule has 1 unspecified atom stereocenters. The van der Waals surface area contributed by atoms with Crippen LogP contribution in [0.15, 0.2) is 29.3 Å². The van der Waals surface area contributed by atoms with Crippen LogP contribution in [0.2, 0.25) is 0 Å². The molecule has 0 bridgehead atoms. The molecule has 1 atom stereocenters. The SMILES string of the molecule is N#Cc1c(N)cc(C(=O)NCC2CCN(CC3CN=C(c4c(F)cccc4F)S3)CC2)nc1OCC1CC1. The highest BCUT2D eigenvalue weighted by molar-refractivity contribution is 8.15. The molecule has 3 aliphatic rings. The number of rotatable bonds is 9. The Morgan fingerprint density at radius 2 is 1.95 bits per heavy atom. The van der Waals surface area contributed by atoms with E-state index >= 15 is 0 Å². The number of hydrogen-bond acceptors (Lipinski definition) is 8. The third-order valence-corrected chi connectivity index (χ3v) is 8.32. The summed E-state index contributed by atoms with van der Waals surface area (Å²) in [7, 11) is 0. The molecule has 2 fully saturated rings. The predicted octanol–water partition coefficient (Wildman–Crippen LogP) is 3.61. The van der Waals surface area contributed by atoms with Gasteiger partial charge in [0.05, 0.1) is 24.4 Å². The van der Waals surface area contributed by atoms with Crippen LogP contribution in [0.4, 0.5) is 14.5 Å². The highest BCUT2D eigenvalue weighted by Crippen LogP contribution is 2.32. The molecule has 3 heterocycles. The summed E-state index contributed by atoms with van der Waals surface area (Å²) in [5.74, 6) is -0.585. The number of aromatic nitrogens is 1. The van der Waals surface area contributed by atoms with Gasteiger partial charge in [-0.1, -0.05) is 17.8 Å². The lowest BCUT2D eigenvalue weighted by atomic mass is 9.96. The van der Waals surface area contributed by atoms with Crippen molar-refractivity contribution in [2.24, 2.45) is 16.8 Å². The number of benzene rings is 1. The molecule has 1 aromatic carbocycles. The van der Waals surface area contributed by atoms with Gasteiger partial charge in [-0.25, -0.2) is 13.8 Å². The van der Waals surface area contributed by atoms with Crippen molar-refractivity contribution in [2.45, 2.75) is 30.9 Å². The molecule has 1 aliphatic carbocycles. The Balaban J connectivity index is 1.07. The fraction of sp³-hybridized carbons (Fsp3) is 0.481. The first-order valence-corrected chi connectivity index (χ1v) is 13.8. The number of halogens is 2. The number of nitrogens with two attached hydrogens (primary N) is 1. The van der Waals surface area contributed by atoms with Crippen LogP contribution in [-0.4, -0.2) is 65.4 Å². The number of pyridine rings is 1. The second-order valence-corrected chi connectivity index (χ2v) is 11.4. The van der Waals surface area contributed by atoms with Gasteiger partial charge in [-0.2, -0.15) is 5.26 Å². The fourth-order valence-corrected chi connectivity index (χ4v) is 5.91. The summed E-state index contributed by atoms with van der Waals surface area (Å²) in [6.07, 6.45) is 4.04. The average Bonchev–Trinajstić information content (AvgIpc) is 3.63. The van der Waals surface area contributed by atoms with Crippen LogP contribution in [0.3, 0.4) is 0 Å². The van der Waals surface area contributed by atoms with Crippen molar-refractivity contribution >= 4 is 28.4 Å². The number of carbonyl (C=O) groups excluding carboxylic acids is 1. The van der Waals surface area contributed by atoms with Crippen LogP contribution in [0.1, 0.15) is 47.3 Å². The third-order valence-electron chi connectivity index (χ3n) is 7.13. The summed E-state index contributed by atoms with van der Waals surface area (Å²) in [6.45, 7) is 4.08. The van der Waals surface area contributed by atoms with E-state index in [9.17, 15) is 18.8 Å². The summed E-state index contributed by atoms with van der Waals surface area (Å²) in [4.78, 5) is 23.8. The number of carbonyl (C=O) groups is 1. The van der Waals surface area contributed by atoms with E-state index in [1.54, 1.807) is 0 Å². The van der Waals surface area contributed by atoms with E-state index < -0.39 is 11.6 Å². The molecule has 1 amide bonds. The van der Waals surface area contributed by atoms with E-state index in [1.165, 1.54) is 36.0 Å². The molecule has 1 saturated carbocycles. The largest absolute Gasteiger partial charge is 0.476 e. The second kappa shape index (κ2) is 11.7. The molecule has 2 aliphatic heterocycles. The molecule has 3 N–H and O–H groups in total. The Kier molecular flexibility index (Phi) is 8.09. The number of nitrogens with one attached hydrogen (secondary N) is 1. The van der Waals surface area contributed by atoms with Crippen LogP contribution in [0, 0.1) is 34.8 Å². The minimum Gasteiger partial charge on any atom is -0.476 e. The molecular formula is C27H30F2N6O2S. The zero-order valence-electron chi connectivity index (χ0n) is 21.0. The van der Waals surface area contributed by atoms with Gasteiger partial charge in [-0.05, 0) is 68.8 Å². The first kappa shape index (κ1) is 26.4. The zero-order chi connectivity index (χ0) is 26.6. The summed E-state index contributed by atoms with van der Waals surface area (Å²) in [5.41, 5.74) is 6.45. The van der Waals surface area contributed by atoms with Crippen molar-refractivity contribution in [1.29, 1.82) is 5.26 Å². The standard InChI is InChI=1S/C27H30F2N6O2S/c28-20-2-1-3-21(29)24(20)27-33-13-18(38-27)14-35-8-6-16(7-9-35)12-32-25(36)23-10-22(31)19(11-30)26(34-23)37-15-17-4-5-17/h1-3,10,16-18H,4-9,12-15H2,(H2,31,34)(H,32,36). The van der Waals surface area contributed by atoms with Crippen LogP contribution >= 0.6 is 11.8 Å². The zero-order valence-corrected chi connectivity index (χ0v) is 21.8. The Hall–Kier alpha value is -3.23. The van der Waals surface area contributed by atoms with Crippen molar-refractivity contribution in [3.05, 3.63) is 52.7 Å². The van der Waals surface area contributed by atoms with Gasteiger partial charge in [0.15, 0.2) is 0 Å². The number of likely N-dealkylation sites (tertiary alicyclic amines) is 1. The Morgan fingerprint density at radius 3 is 2.63 bits per heavy atom. The Morgan fingerprint density at radius 1 is 1.21 bits per heavy atom. The van der Waals surface area contributed by atoms with Gasteiger partial charge in [0.2, 0.25) is 5.88 Å². The highest BCUT2D eigenvalue weighted by atomic mass is 32.2. The molecule has 11 heteroatoms. The summed E-state index contributed by atoms with van der Waals surface area (Å²) in [5, 5.41) is 12.9. The lowest BCUT2D eigenvalue weighted by molar-refractivity contribution is 0.0930. The van der Waals surface area contributed by atoms with Crippen LogP contribution < -0.4 is 15.8 Å². The molecule has 200 valence electrons. The first-order chi connectivity index (χ1) is 18.4. The van der Waals surface area contributed by atoms with Gasteiger partial charge in [0.25, 0.3) is 5.91 Å². The number of ether oxygens (including phenoxy) is 1. The fourth-order valence-electron chi connectivity index (χ4n) is 4.70. The number of aliphatic imine (C=N–C) groups is 1. The van der Waals surface area contributed by atoms with Gasteiger partial charge >= 0.3 is 0 Å². The minimum atomic E-state index is -0.583. The molecule has 0 spiro atoms. The second-order valence-electron chi connectivity index (χ2n) is 10.1. The lowest BCUT2D eigenvalue weighted by Gasteiger charge is -2.33. The molecule has 1 aromatic heterocycles. The van der Waals surface area contributed by atoms with Crippen molar-refractivity contribution in [2.75, 3.05) is 45.1 Å². The minimum absolute atomic E-state index is 0.0328. The van der Waals surface area contributed by atoms with Gasteiger partial charge < -0.3 is 20.7 Å². The van der Waals surface area contributed by atoms with Gasteiger partial charge in [0.1, 0.15) is 34.0 Å². The van der Waals surface area contributed by atoms with E-state index in [-0.39, 0.29) is 39.5 Å². The number of anilines is 1. The molecule has 5 rings (SSSR count). The first-order valence-electron chi connectivity index (χ1n) is 12.9. The van der Waals surface area contributed by atoms with Gasteiger partial charge in [-0.3, -0.25) is 9.79 Å². The van der Waals surface area contributed by atoms with Crippen LogP contribution in [0.5, 0.6) is 5.88 Å². The Bertz CT molecular complexity index is 1250. The monoisotopic (exact) mass is 540 g/mol. The van der Waals surface area contributed by atoms with Gasteiger partial charge in [0, 0.05) is 18.3 Å². The quantitative estimate of drug-likeness (QED) is 0.499. The van der Waals surface area contributed by atoms with Crippen LogP contribution in [-0.2, 0) is 0 Å². The smallest absolute Gasteiger partial charge is 0.270 e. The van der Waals surface area contributed by atoms with E-state index in [2.05, 4.69) is 20.2 Å². The summed E-state index contributed by atoms with van der Waals surface area (Å²) >= 11 is 1.44. The maximum Gasteiger partial charge on any atom is 0.270 e. The number of nitrogen functional groups attached to an aromatic ring is 1. The van der Waals surface area contributed by atoms with E-state index in [1.807, 2.05) is 6.07 Å². The summed E-state index contributed by atoms with van der Waals surface area (Å²) < 4.78 is 33.9. The maximum absolute atomic E-state index is 14.1. The summed E-state index contributed by atoms with van der Waals surface area (Å²) in [6, 6.07) is 7.30. The molecular weight excluding hydrogens is 510 g/mol. The van der Waals surface area contributed by atoms with Crippen molar-refractivity contribution < 1.29 is 18.3 Å². The average molecular weight is 541 g/mol. The topological polar surface area (TPSA) is 117 Å². The lowest BCUT2D eigenvalue weighted by Crippen LogP contribution is -2.41. The van der Waals surface area contributed by atoms with Crippen molar-refractivity contribution in [3.63, 3.8) is 0 Å². The Labute approximate surface area is 224 Å². The highest BCUT2D eigenvalue weighted by Gasteiger charge is 2.29. The van der Waals surface area contributed by atoms with Crippen molar-refractivity contribution in [3.8, 4) is 11.9 Å². The maximum atomic E-state index is 14.1.